The highest BCUT2D eigenvalue weighted by atomic mass is 19.4. The molecule has 0 fully saturated rings. The smallest absolute Gasteiger partial charge is 0.309 e. The molecule has 1 unspecified atom stereocenters. The molecule has 0 amide bonds. The van der Waals surface area contributed by atoms with Crippen LogP contribution in [0.5, 0.6) is 0 Å². The molecule has 0 aliphatic rings. The van der Waals surface area contributed by atoms with E-state index in [1.165, 1.54) is 0 Å². The molecule has 5 heteroatoms. The maximum Gasteiger partial charge on any atom is 0.389 e. The summed E-state index contributed by atoms with van der Waals surface area (Å²) in [5.41, 5.74) is 1.72. The molecule has 0 saturated carbocycles. The Morgan fingerprint density at radius 2 is 2.05 bits per heavy atom. The van der Waals surface area contributed by atoms with Crippen molar-refractivity contribution in [2.24, 2.45) is 0 Å². The van der Waals surface area contributed by atoms with Gasteiger partial charge in [0.15, 0.2) is 0 Å². The number of nitrogens with zero attached hydrogens (tertiary/aromatic N) is 1. The van der Waals surface area contributed by atoms with Crippen molar-refractivity contribution in [3.8, 4) is 0 Å². The zero-order valence-electron chi connectivity index (χ0n) is 11.4. The summed E-state index contributed by atoms with van der Waals surface area (Å²) in [6, 6.07) is 5.55. The van der Waals surface area contributed by atoms with E-state index in [0.29, 0.717) is 6.42 Å². The second-order valence-electron chi connectivity index (χ2n) is 4.72. The van der Waals surface area contributed by atoms with Crippen LogP contribution in [0, 0.1) is 6.92 Å². The lowest BCUT2D eigenvalue weighted by Gasteiger charge is -2.18. The van der Waals surface area contributed by atoms with E-state index in [-0.39, 0.29) is 12.5 Å². The molecule has 1 rings (SSSR count). The minimum Gasteiger partial charge on any atom is -0.309 e. The highest BCUT2D eigenvalue weighted by Gasteiger charge is 2.27. The highest BCUT2D eigenvalue weighted by Crippen LogP contribution is 2.25. The normalized spacial score (nSPS) is 13.5. The summed E-state index contributed by atoms with van der Waals surface area (Å²) >= 11 is 0. The summed E-state index contributed by atoms with van der Waals surface area (Å²) < 4.78 is 36.6. The first kappa shape index (κ1) is 16.0. The molecule has 2 nitrogen and oxygen atoms in total. The fourth-order valence-corrected chi connectivity index (χ4v) is 1.94. The number of alkyl halides is 3. The molecule has 1 N–H and O–H groups in total. The van der Waals surface area contributed by atoms with Crippen molar-refractivity contribution in [2.75, 3.05) is 6.54 Å². The molecule has 1 aromatic heterocycles. The zero-order valence-corrected chi connectivity index (χ0v) is 11.4. The summed E-state index contributed by atoms with van der Waals surface area (Å²) in [6.07, 6.45) is -3.28. The van der Waals surface area contributed by atoms with Crippen LogP contribution in [0.15, 0.2) is 18.2 Å². The summed E-state index contributed by atoms with van der Waals surface area (Å²) in [5.74, 6) is 0. The summed E-state index contributed by atoms with van der Waals surface area (Å²) in [7, 11) is 0. The van der Waals surface area contributed by atoms with Gasteiger partial charge in [-0.15, -0.1) is 0 Å². The number of rotatable bonds is 7. The summed E-state index contributed by atoms with van der Waals surface area (Å²) in [5, 5.41) is 3.27. The van der Waals surface area contributed by atoms with Crippen LogP contribution in [0.1, 0.15) is 50.0 Å². The Labute approximate surface area is 112 Å². The van der Waals surface area contributed by atoms with Crippen molar-refractivity contribution in [1.82, 2.24) is 10.3 Å². The number of hydrogen-bond acceptors (Lipinski definition) is 2. The van der Waals surface area contributed by atoms with Crippen molar-refractivity contribution >= 4 is 0 Å². The molecular weight excluding hydrogens is 253 g/mol. The van der Waals surface area contributed by atoms with E-state index in [4.69, 9.17) is 0 Å². The predicted octanol–water partition coefficient (Wildman–Crippen LogP) is 4.16. The first-order valence-electron chi connectivity index (χ1n) is 6.66. The molecule has 19 heavy (non-hydrogen) atoms. The lowest BCUT2D eigenvalue weighted by Crippen LogP contribution is -2.23. The van der Waals surface area contributed by atoms with E-state index in [1.54, 1.807) is 0 Å². The second-order valence-corrected chi connectivity index (χ2v) is 4.72. The molecule has 1 aromatic rings. The topological polar surface area (TPSA) is 24.9 Å². The maximum absolute atomic E-state index is 12.2. The fraction of sp³-hybridized carbons (Fsp3) is 0.643. The summed E-state index contributed by atoms with van der Waals surface area (Å²) in [6.45, 7) is 4.70. The van der Waals surface area contributed by atoms with E-state index < -0.39 is 12.6 Å². The number of hydrogen-bond donors (Lipinski definition) is 1. The third kappa shape index (κ3) is 6.57. The number of nitrogens with one attached hydrogen (secondary N) is 1. The standard InChI is InChI=1S/C14H21F3N2/c1-3-10-18-12(8-5-9-14(15,16)17)13-7-4-6-11(2)19-13/h4,6-7,12,18H,3,5,8-10H2,1-2H3. The van der Waals surface area contributed by atoms with Gasteiger partial charge in [0.25, 0.3) is 0 Å². The second kappa shape index (κ2) is 7.48. The highest BCUT2D eigenvalue weighted by molar-refractivity contribution is 5.13. The van der Waals surface area contributed by atoms with Crippen LogP contribution in [0.25, 0.3) is 0 Å². The molecule has 0 spiro atoms. The molecule has 0 aliphatic carbocycles. The number of aromatic nitrogens is 1. The van der Waals surface area contributed by atoms with Gasteiger partial charge >= 0.3 is 6.18 Å². The van der Waals surface area contributed by atoms with Gasteiger partial charge in [0.1, 0.15) is 0 Å². The quantitative estimate of drug-likeness (QED) is 0.807. The van der Waals surface area contributed by atoms with Crippen LogP contribution >= 0.6 is 0 Å². The molecule has 0 aromatic carbocycles. The lowest BCUT2D eigenvalue weighted by molar-refractivity contribution is -0.135. The van der Waals surface area contributed by atoms with Crippen LogP contribution < -0.4 is 5.32 Å². The van der Waals surface area contributed by atoms with Gasteiger partial charge in [0.05, 0.1) is 5.69 Å². The largest absolute Gasteiger partial charge is 0.389 e. The monoisotopic (exact) mass is 274 g/mol. The molecule has 1 heterocycles. The Kier molecular flexibility index (Phi) is 6.28. The van der Waals surface area contributed by atoms with Crippen molar-refractivity contribution in [2.45, 2.75) is 51.7 Å². The Morgan fingerprint density at radius 1 is 1.32 bits per heavy atom. The van der Waals surface area contributed by atoms with Gasteiger partial charge in [-0.05, 0) is 44.9 Å². The van der Waals surface area contributed by atoms with Crippen molar-refractivity contribution in [3.05, 3.63) is 29.6 Å². The molecular formula is C14H21F3N2. The van der Waals surface area contributed by atoms with E-state index in [1.807, 2.05) is 32.0 Å². The average molecular weight is 274 g/mol. The molecule has 0 aliphatic heterocycles. The van der Waals surface area contributed by atoms with Crippen LogP contribution in [0.3, 0.4) is 0 Å². The van der Waals surface area contributed by atoms with Crippen LogP contribution in [-0.4, -0.2) is 17.7 Å². The van der Waals surface area contributed by atoms with Gasteiger partial charge in [-0.2, -0.15) is 13.2 Å². The van der Waals surface area contributed by atoms with Crippen LogP contribution in [0.4, 0.5) is 13.2 Å². The van der Waals surface area contributed by atoms with Gasteiger partial charge in [-0.3, -0.25) is 4.98 Å². The first-order chi connectivity index (χ1) is 8.92. The van der Waals surface area contributed by atoms with Gasteiger partial charge in [0.2, 0.25) is 0 Å². The third-order valence-corrected chi connectivity index (χ3v) is 2.86. The Balaban J connectivity index is 2.61. The zero-order chi connectivity index (χ0) is 14.3. The summed E-state index contributed by atoms with van der Waals surface area (Å²) in [4.78, 5) is 4.40. The van der Waals surface area contributed by atoms with E-state index in [9.17, 15) is 13.2 Å². The van der Waals surface area contributed by atoms with Crippen LogP contribution in [-0.2, 0) is 0 Å². The molecule has 0 saturated heterocycles. The third-order valence-electron chi connectivity index (χ3n) is 2.86. The maximum atomic E-state index is 12.2. The SMILES string of the molecule is CCCNC(CCCC(F)(F)F)c1cccc(C)n1. The number of halogens is 3. The number of aryl methyl sites for hydroxylation is 1. The van der Waals surface area contributed by atoms with Gasteiger partial charge in [-0.25, -0.2) is 0 Å². The average Bonchev–Trinajstić information content (AvgIpc) is 2.32. The minimum absolute atomic E-state index is 0.0952. The lowest BCUT2D eigenvalue weighted by atomic mass is 10.0. The van der Waals surface area contributed by atoms with Gasteiger partial charge < -0.3 is 5.32 Å². The minimum atomic E-state index is -4.07. The van der Waals surface area contributed by atoms with Crippen LogP contribution in [0.2, 0.25) is 0 Å². The molecule has 0 radical (unpaired) electrons. The molecule has 0 bridgehead atoms. The predicted molar refractivity (Wildman–Crippen MR) is 69.9 cm³/mol. The van der Waals surface area contributed by atoms with Crippen molar-refractivity contribution in [1.29, 1.82) is 0 Å². The molecule has 108 valence electrons. The van der Waals surface area contributed by atoms with Crippen molar-refractivity contribution in [3.63, 3.8) is 0 Å². The first-order valence-corrected chi connectivity index (χ1v) is 6.66. The number of pyridine rings is 1. The van der Waals surface area contributed by atoms with Crippen molar-refractivity contribution < 1.29 is 13.2 Å². The Bertz CT molecular complexity index is 377. The van der Waals surface area contributed by atoms with Gasteiger partial charge in [-0.1, -0.05) is 13.0 Å². The van der Waals surface area contributed by atoms with E-state index in [0.717, 1.165) is 24.4 Å². The van der Waals surface area contributed by atoms with E-state index >= 15 is 0 Å². The molecule has 1 atom stereocenters. The fourth-order valence-electron chi connectivity index (χ4n) is 1.94. The van der Waals surface area contributed by atoms with E-state index in [2.05, 4.69) is 10.3 Å². The Morgan fingerprint density at radius 3 is 2.63 bits per heavy atom. The Hall–Kier alpha value is -1.10. The van der Waals surface area contributed by atoms with Gasteiger partial charge in [0, 0.05) is 18.2 Å².